The van der Waals surface area contributed by atoms with Gasteiger partial charge in [-0.25, -0.2) is 4.79 Å². The highest BCUT2D eigenvalue weighted by Crippen LogP contribution is 2.33. The number of rotatable bonds is 3. The molecule has 0 unspecified atom stereocenters. The van der Waals surface area contributed by atoms with E-state index in [-0.39, 0.29) is 23.5 Å². The lowest BCUT2D eigenvalue weighted by atomic mass is 10.2. The number of hydrogen-bond acceptors (Lipinski definition) is 3. The molecule has 0 fully saturated rings. The number of amides is 2. The fourth-order valence-electron chi connectivity index (χ4n) is 1.27. The first kappa shape index (κ1) is 13.4. The third kappa shape index (κ3) is 3.71. The molecule has 0 aliphatic heterocycles. The molecule has 4 N–H and O–H groups in total. The molecule has 5 nitrogen and oxygen atoms in total. The molecular weight excluding hydrogens is 242 g/mol. The first-order valence-electron chi connectivity index (χ1n) is 5.21. The summed E-state index contributed by atoms with van der Waals surface area (Å²) in [5, 5.41) is 18.1. The molecule has 0 aromatic heterocycles. The zero-order valence-electron chi connectivity index (χ0n) is 9.97. The van der Waals surface area contributed by atoms with Gasteiger partial charge in [0.25, 0.3) is 0 Å². The quantitative estimate of drug-likeness (QED) is 0.629. The van der Waals surface area contributed by atoms with Crippen LogP contribution in [0, 0.1) is 0 Å². The van der Waals surface area contributed by atoms with Crippen LogP contribution in [0.1, 0.15) is 13.8 Å². The van der Waals surface area contributed by atoms with Crippen LogP contribution in [0.15, 0.2) is 12.1 Å². The molecule has 94 valence electrons. The summed E-state index contributed by atoms with van der Waals surface area (Å²) < 4.78 is 0. The lowest BCUT2D eigenvalue weighted by Crippen LogP contribution is -2.34. The Labute approximate surface area is 105 Å². The van der Waals surface area contributed by atoms with Crippen molar-refractivity contribution in [1.82, 2.24) is 5.32 Å². The highest BCUT2D eigenvalue weighted by Gasteiger charge is 2.10. The summed E-state index contributed by atoms with van der Waals surface area (Å²) >= 11 is 5.95. The molecule has 17 heavy (non-hydrogen) atoms. The molecule has 1 rings (SSSR count). The molecule has 0 aliphatic carbocycles. The third-order valence-electron chi connectivity index (χ3n) is 2.02. The van der Waals surface area contributed by atoms with Gasteiger partial charge in [-0.1, -0.05) is 11.6 Å². The maximum atomic E-state index is 11.4. The zero-order chi connectivity index (χ0) is 13.0. The second-order valence-corrected chi connectivity index (χ2v) is 4.26. The maximum absolute atomic E-state index is 11.4. The van der Waals surface area contributed by atoms with Gasteiger partial charge in [0.2, 0.25) is 0 Å². The summed E-state index contributed by atoms with van der Waals surface area (Å²) in [4.78, 5) is 11.4. The number of nitrogens with one attached hydrogen (secondary N) is 3. The fourth-order valence-corrected chi connectivity index (χ4v) is 1.53. The van der Waals surface area contributed by atoms with Crippen LogP contribution in [-0.4, -0.2) is 24.2 Å². The van der Waals surface area contributed by atoms with Crippen LogP contribution in [0.4, 0.5) is 16.2 Å². The topological polar surface area (TPSA) is 73.4 Å². The van der Waals surface area contributed by atoms with Crippen LogP contribution in [-0.2, 0) is 0 Å². The van der Waals surface area contributed by atoms with Gasteiger partial charge in [0.15, 0.2) is 0 Å². The van der Waals surface area contributed by atoms with E-state index < -0.39 is 0 Å². The van der Waals surface area contributed by atoms with Crippen molar-refractivity contribution in [3.63, 3.8) is 0 Å². The zero-order valence-corrected chi connectivity index (χ0v) is 10.7. The Balaban J connectivity index is 2.85. The molecule has 6 heteroatoms. The lowest BCUT2D eigenvalue weighted by molar-refractivity contribution is 0.250. The number of urea groups is 1. The van der Waals surface area contributed by atoms with Crippen molar-refractivity contribution >= 4 is 29.0 Å². The highest BCUT2D eigenvalue weighted by atomic mass is 35.5. The van der Waals surface area contributed by atoms with Gasteiger partial charge >= 0.3 is 6.03 Å². The second-order valence-electron chi connectivity index (χ2n) is 3.85. The van der Waals surface area contributed by atoms with Crippen molar-refractivity contribution < 1.29 is 9.90 Å². The van der Waals surface area contributed by atoms with E-state index in [1.165, 1.54) is 12.1 Å². The summed E-state index contributed by atoms with van der Waals surface area (Å²) in [5.74, 6) is -0.0438. The standard InChI is InChI=1S/C11H16ClN3O2/c1-6(2)14-11(17)15-9-4-7(12)8(13-3)5-10(9)16/h4-6,13,16H,1-3H3,(H2,14,15,17). The van der Waals surface area contributed by atoms with E-state index in [0.717, 1.165) is 0 Å². The van der Waals surface area contributed by atoms with Crippen molar-refractivity contribution in [2.45, 2.75) is 19.9 Å². The van der Waals surface area contributed by atoms with Crippen molar-refractivity contribution in [1.29, 1.82) is 0 Å². The monoisotopic (exact) mass is 257 g/mol. The Morgan fingerprint density at radius 2 is 2.00 bits per heavy atom. The minimum atomic E-state index is -0.386. The summed E-state index contributed by atoms with van der Waals surface area (Å²) in [5.41, 5.74) is 0.867. The molecule has 0 atom stereocenters. The maximum Gasteiger partial charge on any atom is 0.319 e. The molecular formula is C11H16ClN3O2. The van der Waals surface area contributed by atoms with Crippen molar-refractivity contribution in [3.8, 4) is 5.75 Å². The van der Waals surface area contributed by atoms with Crippen LogP contribution >= 0.6 is 11.6 Å². The molecule has 1 aromatic carbocycles. The van der Waals surface area contributed by atoms with Crippen LogP contribution in [0.25, 0.3) is 0 Å². The number of phenols is 1. The predicted molar refractivity (Wildman–Crippen MR) is 70.0 cm³/mol. The van der Waals surface area contributed by atoms with Gasteiger partial charge in [0.1, 0.15) is 5.75 Å². The number of aromatic hydroxyl groups is 1. The van der Waals surface area contributed by atoms with Crippen molar-refractivity contribution in [2.75, 3.05) is 17.7 Å². The number of anilines is 2. The normalized spacial score (nSPS) is 10.2. The Morgan fingerprint density at radius 1 is 1.35 bits per heavy atom. The fraction of sp³-hybridized carbons (Fsp3) is 0.364. The molecule has 1 aromatic rings. The lowest BCUT2D eigenvalue weighted by Gasteiger charge is -2.13. The molecule has 2 amide bonds. The summed E-state index contributed by atoms with van der Waals surface area (Å²) in [7, 11) is 1.69. The van der Waals surface area contributed by atoms with Crippen LogP contribution < -0.4 is 16.0 Å². The van der Waals surface area contributed by atoms with Gasteiger partial charge in [-0.2, -0.15) is 0 Å². The van der Waals surface area contributed by atoms with E-state index in [1.54, 1.807) is 7.05 Å². The number of benzene rings is 1. The minimum absolute atomic E-state index is 0.0178. The average molecular weight is 258 g/mol. The Hall–Kier alpha value is -1.62. The molecule has 0 saturated carbocycles. The van der Waals surface area contributed by atoms with E-state index >= 15 is 0 Å². The first-order chi connectivity index (χ1) is 7.93. The molecule has 0 aliphatic rings. The van der Waals surface area contributed by atoms with Crippen LogP contribution in [0.2, 0.25) is 5.02 Å². The van der Waals surface area contributed by atoms with E-state index in [2.05, 4.69) is 16.0 Å². The van der Waals surface area contributed by atoms with E-state index in [9.17, 15) is 9.90 Å². The Kier molecular flexibility index (Phi) is 4.45. The Morgan fingerprint density at radius 3 is 2.53 bits per heavy atom. The van der Waals surface area contributed by atoms with Crippen molar-refractivity contribution in [2.24, 2.45) is 0 Å². The van der Waals surface area contributed by atoms with Crippen LogP contribution in [0.5, 0.6) is 5.75 Å². The number of halogens is 1. The van der Waals surface area contributed by atoms with Gasteiger partial charge in [-0.05, 0) is 19.9 Å². The molecule has 0 heterocycles. The summed E-state index contributed by atoms with van der Waals surface area (Å²) in [6, 6.07) is 2.57. The highest BCUT2D eigenvalue weighted by molar-refractivity contribution is 6.33. The molecule has 0 spiro atoms. The summed E-state index contributed by atoms with van der Waals surface area (Å²) in [6.45, 7) is 3.69. The second kappa shape index (κ2) is 5.63. The SMILES string of the molecule is CNc1cc(O)c(NC(=O)NC(C)C)cc1Cl. The number of carbonyl (C=O) groups is 1. The van der Waals surface area contributed by atoms with Crippen LogP contribution in [0.3, 0.4) is 0 Å². The number of carbonyl (C=O) groups excluding carboxylic acids is 1. The predicted octanol–water partition coefficient (Wildman–Crippen LogP) is 2.62. The molecule has 0 saturated heterocycles. The number of phenolic OH excluding ortho intramolecular Hbond substituents is 1. The van der Waals surface area contributed by atoms with Gasteiger partial charge in [0, 0.05) is 19.2 Å². The largest absolute Gasteiger partial charge is 0.506 e. The van der Waals surface area contributed by atoms with E-state index in [4.69, 9.17) is 11.6 Å². The summed E-state index contributed by atoms with van der Waals surface area (Å²) in [6.07, 6.45) is 0. The molecule has 0 radical (unpaired) electrons. The Bertz CT molecular complexity index is 421. The van der Waals surface area contributed by atoms with Gasteiger partial charge in [-0.15, -0.1) is 0 Å². The molecule has 0 bridgehead atoms. The van der Waals surface area contributed by atoms with Gasteiger partial charge in [0.05, 0.1) is 16.4 Å². The minimum Gasteiger partial charge on any atom is -0.506 e. The van der Waals surface area contributed by atoms with Gasteiger partial charge in [-0.3, -0.25) is 0 Å². The first-order valence-corrected chi connectivity index (χ1v) is 5.59. The van der Waals surface area contributed by atoms with E-state index in [0.29, 0.717) is 10.7 Å². The van der Waals surface area contributed by atoms with E-state index in [1.807, 2.05) is 13.8 Å². The number of hydrogen-bond donors (Lipinski definition) is 4. The smallest absolute Gasteiger partial charge is 0.319 e. The van der Waals surface area contributed by atoms with Gasteiger partial charge < -0.3 is 21.1 Å². The third-order valence-corrected chi connectivity index (χ3v) is 2.34. The van der Waals surface area contributed by atoms with Crippen molar-refractivity contribution in [3.05, 3.63) is 17.2 Å². The average Bonchev–Trinajstić information content (AvgIpc) is 2.21.